The minimum atomic E-state index is -0.545. The van der Waals surface area contributed by atoms with Crippen molar-refractivity contribution in [2.45, 2.75) is 72.0 Å². The molecule has 3 rings (SSSR count). The van der Waals surface area contributed by atoms with Gasteiger partial charge in [-0.3, -0.25) is 9.59 Å². The first-order valence-corrected chi connectivity index (χ1v) is 15.1. The zero-order valence-corrected chi connectivity index (χ0v) is 24.6. The number of benzene rings is 1. The van der Waals surface area contributed by atoms with E-state index in [2.05, 4.69) is 22.9 Å². The van der Waals surface area contributed by atoms with Gasteiger partial charge in [-0.2, -0.15) is 0 Å². The van der Waals surface area contributed by atoms with E-state index in [1.807, 2.05) is 32.0 Å². The van der Waals surface area contributed by atoms with Gasteiger partial charge in [-0.05, 0) is 51.8 Å². The lowest BCUT2D eigenvalue weighted by Crippen LogP contribution is -2.30. The first kappa shape index (κ1) is 29.7. The van der Waals surface area contributed by atoms with Gasteiger partial charge in [-0.25, -0.2) is 9.78 Å². The Kier molecular flexibility index (Phi) is 11.2. The highest BCUT2D eigenvalue weighted by molar-refractivity contribution is 7.99. The smallest absolute Gasteiger partial charge is 0.341 e. The van der Waals surface area contributed by atoms with E-state index in [4.69, 9.17) is 9.72 Å². The quantitative estimate of drug-likeness (QED) is 0.140. The number of para-hydroxylation sites is 2. The van der Waals surface area contributed by atoms with Crippen molar-refractivity contribution in [3.63, 3.8) is 0 Å². The molecular weight excluding hydrogens is 520 g/mol. The van der Waals surface area contributed by atoms with Gasteiger partial charge in [0.15, 0.2) is 5.16 Å². The molecule has 2 aromatic heterocycles. The van der Waals surface area contributed by atoms with Crippen LogP contribution < -0.4 is 5.32 Å². The lowest BCUT2D eigenvalue weighted by molar-refractivity contribution is -0.113. The van der Waals surface area contributed by atoms with E-state index in [9.17, 15) is 14.4 Å². The molecule has 0 aliphatic heterocycles. The summed E-state index contributed by atoms with van der Waals surface area (Å²) in [6, 6.07) is 8.00. The predicted octanol–water partition coefficient (Wildman–Crippen LogP) is 6.38. The summed E-state index contributed by atoms with van der Waals surface area (Å²) in [4.78, 5) is 45.8. The van der Waals surface area contributed by atoms with Crippen LogP contribution in [0.1, 0.15) is 79.0 Å². The Morgan fingerprint density at radius 3 is 2.50 bits per heavy atom. The molecule has 0 spiro atoms. The van der Waals surface area contributed by atoms with E-state index in [1.54, 1.807) is 18.7 Å². The second-order valence-electron chi connectivity index (χ2n) is 8.89. The number of fused-ring (bicyclic) bond motifs is 1. The predicted molar refractivity (Wildman–Crippen MR) is 155 cm³/mol. The molecule has 0 atom stereocenters. The third kappa shape index (κ3) is 6.96. The van der Waals surface area contributed by atoms with Crippen LogP contribution in [0.15, 0.2) is 29.4 Å². The second-order valence-corrected chi connectivity index (χ2v) is 10.9. The Labute approximate surface area is 233 Å². The molecule has 0 fully saturated rings. The zero-order chi connectivity index (χ0) is 27.7. The summed E-state index contributed by atoms with van der Waals surface area (Å²) >= 11 is 2.50. The minimum Gasteiger partial charge on any atom is -0.462 e. The van der Waals surface area contributed by atoms with Gasteiger partial charge in [-0.15, -0.1) is 11.3 Å². The number of anilines is 1. The highest BCUT2D eigenvalue weighted by Gasteiger charge is 2.28. The van der Waals surface area contributed by atoms with Crippen LogP contribution in [0.3, 0.4) is 0 Å². The Balaban J connectivity index is 1.80. The number of ether oxygens (including phenoxy) is 1. The number of carbonyl (C=O) groups is 3. The van der Waals surface area contributed by atoms with Gasteiger partial charge in [0.05, 0.1) is 33.8 Å². The van der Waals surface area contributed by atoms with Crippen molar-refractivity contribution in [2.75, 3.05) is 30.8 Å². The number of esters is 1. The maximum atomic E-state index is 13.1. The molecule has 0 saturated heterocycles. The molecule has 38 heavy (non-hydrogen) atoms. The number of aryl methyl sites for hydroxylation is 1. The Morgan fingerprint density at radius 1 is 1.08 bits per heavy atom. The van der Waals surface area contributed by atoms with E-state index in [0.717, 1.165) is 46.9 Å². The summed E-state index contributed by atoms with van der Waals surface area (Å²) in [6.07, 6.45) is 4.56. The third-order valence-electron chi connectivity index (χ3n) is 6.31. The first-order valence-electron chi connectivity index (χ1n) is 13.3. The molecule has 2 amide bonds. The van der Waals surface area contributed by atoms with Gasteiger partial charge >= 0.3 is 5.97 Å². The molecule has 10 heteroatoms. The number of nitrogens with one attached hydrogen (secondary N) is 1. The van der Waals surface area contributed by atoms with E-state index in [0.29, 0.717) is 28.5 Å². The number of imidazole rings is 1. The van der Waals surface area contributed by atoms with Gasteiger partial charge in [0.1, 0.15) is 5.00 Å². The van der Waals surface area contributed by atoms with E-state index >= 15 is 0 Å². The van der Waals surface area contributed by atoms with Gasteiger partial charge < -0.3 is 19.5 Å². The Bertz CT molecular complexity index is 1260. The van der Waals surface area contributed by atoms with Crippen LogP contribution in [0.5, 0.6) is 0 Å². The minimum absolute atomic E-state index is 0.122. The molecule has 8 nitrogen and oxygen atoms in total. The molecule has 2 heterocycles. The average Bonchev–Trinajstić information content (AvgIpc) is 3.42. The number of hydrogen-bond acceptors (Lipinski definition) is 7. The van der Waals surface area contributed by atoms with Crippen LogP contribution in [-0.4, -0.2) is 57.7 Å². The number of nitrogens with zero attached hydrogens (tertiary/aromatic N) is 3. The summed E-state index contributed by atoms with van der Waals surface area (Å²) in [5.41, 5.74) is 2.74. The van der Waals surface area contributed by atoms with Crippen molar-refractivity contribution in [3.8, 4) is 0 Å². The first-order chi connectivity index (χ1) is 18.4. The fourth-order valence-corrected chi connectivity index (χ4v) is 6.30. The number of hydrogen-bond donors (Lipinski definition) is 1. The van der Waals surface area contributed by atoms with Crippen LogP contribution in [0.4, 0.5) is 5.00 Å². The van der Waals surface area contributed by atoms with Crippen molar-refractivity contribution < 1.29 is 19.1 Å². The molecule has 0 aliphatic rings. The standard InChI is InChI=1S/C28H38N4O4S2/c1-6-10-11-14-17-32-21-16-13-12-15-20(21)29-28(32)37-18-22(33)30-25-23(27(35)36-9-4)19(5)24(38-25)26(34)31(7-2)8-3/h12-13,15-16H,6-11,14,17-18H2,1-5H3,(H,30,33). The van der Waals surface area contributed by atoms with Crippen LogP contribution >= 0.6 is 23.1 Å². The summed E-state index contributed by atoms with van der Waals surface area (Å²) in [5.74, 6) is -0.851. The number of carbonyl (C=O) groups excluding carboxylic acids is 3. The lowest BCUT2D eigenvalue weighted by atomic mass is 10.1. The molecule has 0 bridgehead atoms. The van der Waals surface area contributed by atoms with E-state index < -0.39 is 5.97 Å². The highest BCUT2D eigenvalue weighted by atomic mass is 32.2. The maximum Gasteiger partial charge on any atom is 0.341 e. The highest BCUT2D eigenvalue weighted by Crippen LogP contribution is 2.35. The Hall–Kier alpha value is -2.85. The molecular formula is C28H38N4O4S2. The normalized spacial score (nSPS) is 11.1. The number of amides is 2. The van der Waals surface area contributed by atoms with Crippen molar-refractivity contribution in [2.24, 2.45) is 0 Å². The molecule has 0 aliphatic carbocycles. The SMILES string of the molecule is CCCCCCn1c(SCC(=O)Nc2sc(C(=O)N(CC)CC)c(C)c2C(=O)OCC)nc2ccccc21. The summed E-state index contributed by atoms with van der Waals surface area (Å²) < 4.78 is 7.43. The number of aromatic nitrogens is 2. The maximum absolute atomic E-state index is 13.1. The van der Waals surface area contributed by atoms with Crippen LogP contribution in [-0.2, 0) is 16.1 Å². The largest absolute Gasteiger partial charge is 0.462 e. The van der Waals surface area contributed by atoms with Gasteiger partial charge in [0.25, 0.3) is 5.91 Å². The van der Waals surface area contributed by atoms with Crippen molar-refractivity contribution >= 4 is 56.9 Å². The number of thiophene rings is 1. The topological polar surface area (TPSA) is 93.5 Å². The average molecular weight is 559 g/mol. The van der Waals surface area contributed by atoms with E-state index in [1.165, 1.54) is 24.6 Å². The molecule has 1 N–H and O–H groups in total. The van der Waals surface area contributed by atoms with Gasteiger partial charge in [0.2, 0.25) is 5.91 Å². The zero-order valence-electron chi connectivity index (χ0n) is 23.0. The monoisotopic (exact) mass is 558 g/mol. The third-order valence-corrected chi connectivity index (χ3v) is 8.48. The summed E-state index contributed by atoms with van der Waals surface area (Å²) in [7, 11) is 0. The summed E-state index contributed by atoms with van der Waals surface area (Å²) in [5, 5.41) is 4.01. The van der Waals surface area contributed by atoms with Crippen LogP contribution in [0, 0.1) is 6.92 Å². The molecule has 0 saturated carbocycles. The van der Waals surface area contributed by atoms with Crippen LogP contribution in [0.2, 0.25) is 0 Å². The molecule has 0 unspecified atom stereocenters. The van der Waals surface area contributed by atoms with Crippen molar-refractivity contribution in [1.29, 1.82) is 0 Å². The summed E-state index contributed by atoms with van der Waals surface area (Å²) in [6.45, 7) is 11.6. The number of thioether (sulfide) groups is 1. The van der Waals surface area contributed by atoms with Crippen LogP contribution in [0.25, 0.3) is 11.0 Å². The van der Waals surface area contributed by atoms with Crippen molar-refractivity contribution in [3.05, 3.63) is 40.3 Å². The molecule has 0 radical (unpaired) electrons. The Morgan fingerprint density at radius 2 is 1.82 bits per heavy atom. The molecule has 3 aromatic rings. The van der Waals surface area contributed by atoms with Gasteiger partial charge in [0, 0.05) is 19.6 Å². The van der Waals surface area contributed by atoms with Crippen molar-refractivity contribution in [1.82, 2.24) is 14.5 Å². The fourth-order valence-electron chi connectivity index (χ4n) is 4.28. The number of unbranched alkanes of at least 4 members (excludes halogenated alkanes) is 3. The number of rotatable bonds is 14. The second kappa shape index (κ2) is 14.3. The lowest BCUT2D eigenvalue weighted by Gasteiger charge is -2.18. The fraction of sp³-hybridized carbons (Fsp3) is 0.500. The molecule has 206 valence electrons. The molecule has 1 aromatic carbocycles. The van der Waals surface area contributed by atoms with E-state index in [-0.39, 0.29) is 29.7 Å². The van der Waals surface area contributed by atoms with Gasteiger partial charge in [-0.1, -0.05) is 50.1 Å².